The molecule has 0 aromatic heterocycles. The maximum Gasteiger partial charge on any atom is 0.326 e. The lowest BCUT2D eigenvalue weighted by Crippen LogP contribution is -2.57. The fourth-order valence-corrected chi connectivity index (χ4v) is 4.03. The van der Waals surface area contributed by atoms with Gasteiger partial charge in [-0.1, -0.05) is 20.3 Å². The summed E-state index contributed by atoms with van der Waals surface area (Å²) < 4.78 is 0. The van der Waals surface area contributed by atoms with Gasteiger partial charge in [-0.25, -0.2) is 4.79 Å². The third kappa shape index (κ3) is 12.8. The summed E-state index contributed by atoms with van der Waals surface area (Å²) in [6.45, 7) is 4.24. The van der Waals surface area contributed by atoms with Gasteiger partial charge in [-0.3, -0.25) is 14.4 Å². The Labute approximate surface area is 211 Å². The van der Waals surface area contributed by atoms with Gasteiger partial charge in [0.1, 0.15) is 18.1 Å². The van der Waals surface area contributed by atoms with Crippen molar-refractivity contribution in [1.82, 2.24) is 16.0 Å². The summed E-state index contributed by atoms with van der Waals surface area (Å²) in [6, 6.07) is -3.58. The number of nitrogens with two attached hydrogens (primary N) is 2. The number of carboxylic acids is 1. The van der Waals surface area contributed by atoms with Crippen LogP contribution in [0.2, 0.25) is 0 Å². The Morgan fingerprint density at radius 1 is 0.824 bits per heavy atom. The molecule has 0 aliphatic heterocycles. The molecule has 0 radical (unpaired) electrons. The van der Waals surface area contributed by atoms with Crippen LogP contribution < -0.4 is 27.4 Å². The van der Waals surface area contributed by atoms with E-state index in [2.05, 4.69) is 16.0 Å². The quantitative estimate of drug-likeness (QED) is 0.132. The summed E-state index contributed by atoms with van der Waals surface area (Å²) in [5.41, 5.74) is 11.6. The van der Waals surface area contributed by atoms with E-state index >= 15 is 0 Å². The van der Waals surface area contributed by atoms with Crippen LogP contribution in [0.3, 0.4) is 0 Å². The number of carbonyl (C=O) groups excluding carboxylic acids is 3. The zero-order valence-electron chi connectivity index (χ0n) is 20.8. The highest BCUT2D eigenvalue weighted by Gasteiger charge is 2.30. The zero-order valence-corrected chi connectivity index (χ0v) is 22.4. The van der Waals surface area contributed by atoms with E-state index in [4.69, 9.17) is 11.5 Å². The van der Waals surface area contributed by atoms with Gasteiger partial charge in [0.25, 0.3) is 0 Å². The van der Waals surface area contributed by atoms with E-state index in [1.165, 1.54) is 23.5 Å². The maximum atomic E-state index is 13.1. The normalized spacial score (nSPS) is 15.5. The summed E-state index contributed by atoms with van der Waals surface area (Å²) in [4.78, 5) is 50.1. The molecule has 0 saturated carbocycles. The lowest BCUT2D eigenvalue weighted by molar-refractivity contribution is -0.142. The van der Waals surface area contributed by atoms with Crippen LogP contribution >= 0.6 is 23.5 Å². The van der Waals surface area contributed by atoms with Crippen molar-refractivity contribution in [1.29, 1.82) is 0 Å². The van der Waals surface area contributed by atoms with Crippen LogP contribution in [0, 0.1) is 5.92 Å². The fraction of sp³-hybridized carbons (Fsp3) is 0.818. The second kappa shape index (κ2) is 18.8. The van der Waals surface area contributed by atoms with Crippen molar-refractivity contribution in [3.8, 4) is 0 Å². The van der Waals surface area contributed by atoms with E-state index in [0.29, 0.717) is 43.7 Å². The Bertz CT molecular complexity index is 641. The molecule has 0 spiro atoms. The van der Waals surface area contributed by atoms with Crippen LogP contribution in [0.4, 0.5) is 0 Å². The topological polar surface area (TPSA) is 177 Å². The van der Waals surface area contributed by atoms with E-state index in [9.17, 15) is 24.3 Å². The average Bonchev–Trinajstić information content (AvgIpc) is 2.81. The van der Waals surface area contributed by atoms with Gasteiger partial charge in [-0.05, 0) is 68.6 Å². The molecule has 5 atom stereocenters. The number of amides is 3. The Balaban J connectivity index is 5.46. The van der Waals surface area contributed by atoms with Crippen LogP contribution in [0.1, 0.15) is 52.4 Å². The molecule has 0 aromatic rings. The number of unbranched alkanes of at least 4 members (excludes halogenated alkanes) is 1. The first-order valence-corrected chi connectivity index (χ1v) is 14.5. The van der Waals surface area contributed by atoms with Gasteiger partial charge in [0.15, 0.2) is 0 Å². The molecule has 3 amide bonds. The lowest BCUT2D eigenvalue weighted by Gasteiger charge is -2.26. The van der Waals surface area contributed by atoms with Crippen molar-refractivity contribution in [2.24, 2.45) is 17.4 Å². The second-order valence-electron chi connectivity index (χ2n) is 8.28. The van der Waals surface area contributed by atoms with Crippen molar-refractivity contribution in [2.45, 2.75) is 76.5 Å². The molecule has 12 heteroatoms. The van der Waals surface area contributed by atoms with Crippen molar-refractivity contribution in [3.63, 3.8) is 0 Å². The number of aliphatic carboxylic acids is 1. The van der Waals surface area contributed by atoms with Gasteiger partial charge < -0.3 is 32.5 Å². The number of rotatable bonds is 19. The molecule has 34 heavy (non-hydrogen) atoms. The highest BCUT2D eigenvalue weighted by atomic mass is 32.2. The number of carboxylic acid groups (broad SMARTS) is 1. The third-order valence-electron chi connectivity index (χ3n) is 5.61. The molecule has 0 aliphatic rings. The number of hydrogen-bond donors (Lipinski definition) is 6. The third-order valence-corrected chi connectivity index (χ3v) is 6.90. The molecule has 0 aliphatic carbocycles. The first-order chi connectivity index (χ1) is 16.1. The zero-order chi connectivity index (χ0) is 26.1. The van der Waals surface area contributed by atoms with E-state index in [1.54, 1.807) is 0 Å². The molecule has 0 saturated heterocycles. The van der Waals surface area contributed by atoms with Gasteiger partial charge in [0, 0.05) is 0 Å². The minimum atomic E-state index is -1.13. The largest absolute Gasteiger partial charge is 0.480 e. The molecule has 0 heterocycles. The Kier molecular flexibility index (Phi) is 18.0. The first-order valence-electron chi connectivity index (χ1n) is 11.7. The predicted octanol–water partition coefficient (Wildman–Crippen LogP) is 0.534. The summed E-state index contributed by atoms with van der Waals surface area (Å²) in [5.74, 6) is -1.46. The fourth-order valence-electron chi connectivity index (χ4n) is 3.08. The number of hydrogen-bond acceptors (Lipinski definition) is 8. The Morgan fingerprint density at radius 3 is 1.76 bits per heavy atom. The highest BCUT2D eigenvalue weighted by Crippen LogP contribution is 2.09. The van der Waals surface area contributed by atoms with Crippen LogP contribution in [-0.4, -0.2) is 83.5 Å². The van der Waals surface area contributed by atoms with E-state index in [0.717, 1.165) is 6.42 Å². The van der Waals surface area contributed by atoms with Crippen molar-refractivity contribution >= 4 is 47.2 Å². The number of nitrogens with one attached hydrogen (secondary N) is 3. The predicted molar refractivity (Wildman–Crippen MR) is 140 cm³/mol. The van der Waals surface area contributed by atoms with Gasteiger partial charge in [0.2, 0.25) is 17.7 Å². The van der Waals surface area contributed by atoms with Crippen molar-refractivity contribution in [2.75, 3.05) is 30.6 Å². The summed E-state index contributed by atoms with van der Waals surface area (Å²) in [6.07, 6.45) is 6.65. The van der Waals surface area contributed by atoms with Crippen LogP contribution in [0.5, 0.6) is 0 Å². The van der Waals surface area contributed by atoms with E-state index in [1.807, 2.05) is 26.4 Å². The van der Waals surface area contributed by atoms with Crippen molar-refractivity contribution < 1.29 is 24.3 Å². The Hall–Kier alpha value is -1.50. The monoisotopic (exact) mass is 521 g/mol. The van der Waals surface area contributed by atoms with E-state index < -0.39 is 47.9 Å². The lowest BCUT2D eigenvalue weighted by atomic mass is 9.99. The standard InChI is InChI=1S/C22H43N5O5S2/c1-5-14(2)18(24)21(30)26-16(9-12-33-3)20(29)25-15(8-6-7-11-23)19(28)27-17(22(31)32)10-13-34-4/h14-18H,5-13,23-24H2,1-4H3,(H,25,29)(H,26,30)(H,27,28)(H,31,32). The smallest absolute Gasteiger partial charge is 0.326 e. The molecule has 0 rings (SSSR count). The molecular weight excluding hydrogens is 478 g/mol. The molecule has 10 nitrogen and oxygen atoms in total. The molecule has 0 fully saturated rings. The summed E-state index contributed by atoms with van der Waals surface area (Å²) in [5, 5.41) is 17.4. The molecular formula is C22H43N5O5S2. The number of thioether (sulfide) groups is 2. The number of carbonyl (C=O) groups is 4. The molecule has 5 unspecified atom stereocenters. The van der Waals surface area contributed by atoms with Gasteiger partial charge >= 0.3 is 5.97 Å². The molecule has 0 aromatic carbocycles. The summed E-state index contributed by atoms with van der Waals surface area (Å²) in [7, 11) is 0. The molecule has 0 bridgehead atoms. The minimum Gasteiger partial charge on any atom is -0.480 e. The Morgan fingerprint density at radius 2 is 1.29 bits per heavy atom. The molecule has 198 valence electrons. The highest BCUT2D eigenvalue weighted by molar-refractivity contribution is 7.98. The van der Waals surface area contributed by atoms with Crippen LogP contribution in [-0.2, 0) is 19.2 Å². The minimum absolute atomic E-state index is 0.0479. The van der Waals surface area contributed by atoms with Gasteiger partial charge in [-0.15, -0.1) is 0 Å². The van der Waals surface area contributed by atoms with Crippen molar-refractivity contribution in [3.05, 3.63) is 0 Å². The van der Waals surface area contributed by atoms with Gasteiger partial charge in [0.05, 0.1) is 6.04 Å². The van der Waals surface area contributed by atoms with Gasteiger partial charge in [-0.2, -0.15) is 23.5 Å². The maximum absolute atomic E-state index is 13.1. The second-order valence-corrected chi connectivity index (χ2v) is 10.3. The average molecular weight is 522 g/mol. The van der Waals surface area contributed by atoms with E-state index in [-0.39, 0.29) is 12.3 Å². The molecule has 8 N–H and O–H groups in total. The SMILES string of the molecule is CCC(C)C(N)C(=O)NC(CCSC)C(=O)NC(CCCCN)C(=O)NC(CCSC)C(=O)O. The first kappa shape index (κ1) is 32.5. The summed E-state index contributed by atoms with van der Waals surface area (Å²) >= 11 is 3.01. The van der Waals surface area contributed by atoms with Crippen LogP contribution in [0.15, 0.2) is 0 Å². The van der Waals surface area contributed by atoms with Crippen LogP contribution in [0.25, 0.3) is 0 Å².